The van der Waals surface area contributed by atoms with Crippen molar-refractivity contribution in [1.29, 1.82) is 0 Å². The molecule has 86 valence electrons. The smallest absolute Gasteiger partial charge is 0.190 e. The molecule has 0 unspecified atom stereocenters. The van der Waals surface area contributed by atoms with Crippen LogP contribution in [0.3, 0.4) is 0 Å². The highest BCUT2D eigenvalue weighted by Crippen LogP contribution is 2.06. The lowest BCUT2D eigenvalue weighted by Crippen LogP contribution is -2.15. The van der Waals surface area contributed by atoms with Crippen molar-refractivity contribution in [2.75, 3.05) is 6.54 Å². The van der Waals surface area contributed by atoms with Crippen LogP contribution in [0.15, 0.2) is 42.1 Å². The van der Waals surface area contributed by atoms with Gasteiger partial charge in [-0.05, 0) is 12.8 Å². The van der Waals surface area contributed by atoms with E-state index in [2.05, 4.69) is 19.2 Å². The summed E-state index contributed by atoms with van der Waals surface area (Å²) in [7, 11) is 0. The van der Waals surface area contributed by atoms with Crippen molar-refractivity contribution in [2.24, 2.45) is 5.92 Å². The average Bonchev–Trinajstić information content (AvgIpc) is 2.28. The molecule has 0 heterocycles. The Hall–Kier alpha value is -1.57. The first kappa shape index (κ1) is 12.5. The quantitative estimate of drug-likeness (QED) is 0.606. The van der Waals surface area contributed by atoms with E-state index < -0.39 is 0 Å². The lowest BCUT2D eigenvalue weighted by atomic mass is 10.1. The van der Waals surface area contributed by atoms with Gasteiger partial charge in [-0.1, -0.05) is 44.2 Å². The Labute approximate surface area is 97.4 Å². The van der Waals surface area contributed by atoms with Gasteiger partial charge in [-0.3, -0.25) is 4.79 Å². The van der Waals surface area contributed by atoms with E-state index in [1.54, 1.807) is 6.20 Å². The van der Waals surface area contributed by atoms with Crippen molar-refractivity contribution in [2.45, 2.75) is 20.8 Å². The zero-order valence-corrected chi connectivity index (χ0v) is 10.2. The second-order valence-electron chi connectivity index (χ2n) is 4.32. The molecule has 0 aliphatic carbocycles. The van der Waals surface area contributed by atoms with Crippen LogP contribution >= 0.6 is 0 Å². The van der Waals surface area contributed by atoms with Crippen LogP contribution in [0, 0.1) is 5.92 Å². The number of ketones is 1. The number of Topliss-reactive ketones (excluding diaryl/α,β-unsaturated/α-hetero) is 1. The molecule has 0 radical (unpaired) electrons. The monoisotopic (exact) mass is 217 g/mol. The molecular weight excluding hydrogens is 198 g/mol. The average molecular weight is 217 g/mol. The number of hydrogen-bond acceptors (Lipinski definition) is 2. The fourth-order valence-electron chi connectivity index (χ4n) is 1.33. The number of allylic oxidation sites excluding steroid dienone is 1. The van der Waals surface area contributed by atoms with Gasteiger partial charge in [0.05, 0.1) is 0 Å². The first-order valence-corrected chi connectivity index (χ1v) is 5.61. The van der Waals surface area contributed by atoms with Gasteiger partial charge in [-0.15, -0.1) is 0 Å². The van der Waals surface area contributed by atoms with Crippen molar-refractivity contribution in [1.82, 2.24) is 5.32 Å². The highest BCUT2D eigenvalue weighted by Gasteiger charge is 2.06. The summed E-state index contributed by atoms with van der Waals surface area (Å²) in [5, 5.41) is 3.15. The van der Waals surface area contributed by atoms with Crippen LogP contribution in [0.25, 0.3) is 0 Å². The number of carbonyl (C=O) groups excluding carboxylic acids is 1. The van der Waals surface area contributed by atoms with Crippen LogP contribution in [-0.2, 0) is 0 Å². The maximum atomic E-state index is 11.9. The summed E-state index contributed by atoms with van der Waals surface area (Å²) in [6.07, 6.45) is 1.80. The van der Waals surface area contributed by atoms with E-state index in [1.807, 2.05) is 37.3 Å². The molecule has 2 heteroatoms. The lowest BCUT2D eigenvalue weighted by molar-refractivity contribution is 0.103. The third kappa shape index (κ3) is 3.89. The fraction of sp³-hybridized carbons (Fsp3) is 0.357. The van der Waals surface area contributed by atoms with Gasteiger partial charge in [0, 0.05) is 23.9 Å². The number of carbonyl (C=O) groups is 1. The van der Waals surface area contributed by atoms with Crippen LogP contribution in [0.5, 0.6) is 0 Å². The minimum absolute atomic E-state index is 0.0804. The highest BCUT2D eigenvalue weighted by molar-refractivity contribution is 6.08. The molecule has 16 heavy (non-hydrogen) atoms. The normalized spacial score (nSPS) is 11.6. The summed E-state index contributed by atoms with van der Waals surface area (Å²) in [5.41, 5.74) is 1.48. The molecule has 1 N–H and O–H groups in total. The Balaban J connectivity index is 2.61. The Bertz CT molecular complexity index is 366. The molecule has 0 saturated carbocycles. The van der Waals surface area contributed by atoms with Gasteiger partial charge in [0.15, 0.2) is 5.78 Å². The minimum atomic E-state index is 0.0804. The highest BCUT2D eigenvalue weighted by atomic mass is 16.1. The van der Waals surface area contributed by atoms with Gasteiger partial charge < -0.3 is 5.32 Å². The van der Waals surface area contributed by atoms with E-state index in [0.717, 1.165) is 17.7 Å². The number of benzene rings is 1. The Morgan fingerprint density at radius 2 is 1.94 bits per heavy atom. The summed E-state index contributed by atoms with van der Waals surface area (Å²) < 4.78 is 0. The number of hydrogen-bond donors (Lipinski definition) is 1. The van der Waals surface area contributed by atoms with Gasteiger partial charge in [0.2, 0.25) is 0 Å². The van der Waals surface area contributed by atoms with Crippen LogP contribution < -0.4 is 5.32 Å². The first-order chi connectivity index (χ1) is 7.61. The van der Waals surface area contributed by atoms with E-state index >= 15 is 0 Å². The maximum absolute atomic E-state index is 11.9. The zero-order chi connectivity index (χ0) is 12.0. The molecule has 0 aliphatic heterocycles. The third-order valence-corrected chi connectivity index (χ3v) is 2.24. The second kappa shape index (κ2) is 6.11. The van der Waals surface area contributed by atoms with E-state index in [4.69, 9.17) is 0 Å². The summed E-state index contributed by atoms with van der Waals surface area (Å²) in [6, 6.07) is 9.33. The SMILES string of the molecule is CC(=CNCC(C)C)C(=O)c1ccccc1. The van der Waals surface area contributed by atoms with Crippen LogP contribution in [0.1, 0.15) is 31.1 Å². The van der Waals surface area contributed by atoms with Gasteiger partial charge in [-0.2, -0.15) is 0 Å². The third-order valence-electron chi connectivity index (χ3n) is 2.24. The van der Waals surface area contributed by atoms with Crippen molar-refractivity contribution >= 4 is 5.78 Å². The molecule has 0 atom stereocenters. The molecule has 0 spiro atoms. The Morgan fingerprint density at radius 1 is 1.31 bits per heavy atom. The van der Waals surface area contributed by atoms with Crippen molar-refractivity contribution in [3.63, 3.8) is 0 Å². The molecule has 1 aromatic rings. The standard InChI is InChI=1S/C14H19NO/c1-11(2)9-15-10-12(3)14(16)13-7-5-4-6-8-13/h4-8,10-11,15H,9H2,1-3H3. The molecule has 1 aromatic carbocycles. The van der Waals surface area contributed by atoms with E-state index in [0.29, 0.717) is 5.92 Å². The van der Waals surface area contributed by atoms with Gasteiger partial charge >= 0.3 is 0 Å². The second-order valence-corrected chi connectivity index (χ2v) is 4.32. The van der Waals surface area contributed by atoms with Gasteiger partial charge in [0.1, 0.15) is 0 Å². The van der Waals surface area contributed by atoms with Crippen molar-refractivity contribution in [3.8, 4) is 0 Å². The Morgan fingerprint density at radius 3 is 2.50 bits per heavy atom. The molecule has 0 saturated heterocycles. The summed E-state index contributed by atoms with van der Waals surface area (Å²) in [6.45, 7) is 6.99. The zero-order valence-electron chi connectivity index (χ0n) is 10.2. The molecule has 0 aliphatic rings. The Kier molecular flexibility index (Phi) is 4.77. The summed E-state index contributed by atoms with van der Waals surface area (Å²) in [5.74, 6) is 0.660. The maximum Gasteiger partial charge on any atom is 0.190 e. The van der Waals surface area contributed by atoms with E-state index in [-0.39, 0.29) is 5.78 Å². The van der Waals surface area contributed by atoms with E-state index in [1.165, 1.54) is 0 Å². The van der Waals surface area contributed by atoms with Crippen molar-refractivity contribution in [3.05, 3.63) is 47.7 Å². The molecule has 0 fully saturated rings. The molecular formula is C14H19NO. The predicted molar refractivity (Wildman–Crippen MR) is 67.4 cm³/mol. The van der Waals surface area contributed by atoms with Gasteiger partial charge in [-0.25, -0.2) is 0 Å². The van der Waals surface area contributed by atoms with E-state index in [9.17, 15) is 4.79 Å². The molecule has 0 amide bonds. The van der Waals surface area contributed by atoms with Crippen LogP contribution in [0.2, 0.25) is 0 Å². The molecule has 2 nitrogen and oxygen atoms in total. The predicted octanol–water partition coefficient (Wildman–Crippen LogP) is 3.02. The van der Waals surface area contributed by atoms with Crippen LogP contribution in [-0.4, -0.2) is 12.3 Å². The molecule has 0 bridgehead atoms. The van der Waals surface area contributed by atoms with Gasteiger partial charge in [0.25, 0.3) is 0 Å². The van der Waals surface area contributed by atoms with Crippen molar-refractivity contribution < 1.29 is 4.79 Å². The largest absolute Gasteiger partial charge is 0.390 e. The molecule has 1 rings (SSSR count). The first-order valence-electron chi connectivity index (χ1n) is 5.61. The topological polar surface area (TPSA) is 29.1 Å². The summed E-state index contributed by atoms with van der Waals surface area (Å²) in [4.78, 5) is 11.9. The molecule has 0 aromatic heterocycles. The summed E-state index contributed by atoms with van der Waals surface area (Å²) >= 11 is 0. The van der Waals surface area contributed by atoms with Crippen LogP contribution in [0.4, 0.5) is 0 Å². The number of nitrogens with one attached hydrogen (secondary N) is 1. The fourth-order valence-corrected chi connectivity index (χ4v) is 1.33. The number of rotatable bonds is 5. The minimum Gasteiger partial charge on any atom is -0.390 e. The lowest BCUT2D eigenvalue weighted by Gasteiger charge is -2.05.